The molecule has 0 spiro atoms. The van der Waals surface area contributed by atoms with Gasteiger partial charge in [-0.3, -0.25) is 4.79 Å². The van der Waals surface area contributed by atoms with Crippen LogP contribution in [0, 0.1) is 0 Å². The summed E-state index contributed by atoms with van der Waals surface area (Å²) in [5.41, 5.74) is 0.886. The van der Waals surface area contributed by atoms with Crippen LogP contribution in [0.15, 0.2) is 76.0 Å². The normalized spacial score (nSPS) is 11.3. The molecule has 0 bridgehead atoms. The zero-order valence-electron chi connectivity index (χ0n) is 14.6. The van der Waals surface area contributed by atoms with Gasteiger partial charge >= 0.3 is 0 Å². The molecule has 7 heteroatoms. The molecular formula is C20H18ClNO4S. The molecule has 0 aliphatic heterocycles. The molecule has 1 amide bonds. The third-order valence-electron chi connectivity index (χ3n) is 3.96. The molecule has 1 heterocycles. The number of furan rings is 1. The molecule has 0 fully saturated rings. The van der Waals surface area contributed by atoms with E-state index >= 15 is 0 Å². The third kappa shape index (κ3) is 4.78. The zero-order valence-corrected chi connectivity index (χ0v) is 16.2. The van der Waals surface area contributed by atoms with Crippen LogP contribution in [0.4, 0.5) is 0 Å². The van der Waals surface area contributed by atoms with E-state index < -0.39 is 9.84 Å². The van der Waals surface area contributed by atoms with Gasteiger partial charge in [-0.2, -0.15) is 0 Å². The Morgan fingerprint density at radius 2 is 1.78 bits per heavy atom. The van der Waals surface area contributed by atoms with E-state index in [0.717, 1.165) is 5.56 Å². The van der Waals surface area contributed by atoms with Crippen LogP contribution in [0.5, 0.6) is 0 Å². The van der Waals surface area contributed by atoms with Gasteiger partial charge in [-0.05, 0) is 42.0 Å². The van der Waals surface area contributed by atoms with Gasteiger partial charge in [-0.25, -0.2) is 8.42 Å². The molecule has 0 aliphatic rings. The third-order valence-corrected chi connectivity index (χ3v) is 5.85. The smallest absolute Gasteiger partial charge is 0.289 e. The lowest BCUT2D eigenvalue weighted by atomic mass is 10.2. The van der Waals surface area contributed by atoms with Gasteiger partial charge in [0.15, 0.2) is 15.6 Å². The molecule has 2 aromatic carbocycles. The van der Waals surface area contributed by atoms with E-state index in [9.17, 15) is 13.2 Å². The zero-order chi connectivity index (χ0) is 19.4. The fourth-order valence-corrected chi connectivity index (χ4v) is 4.12. The van der Waals surface area contributed by atoms with E-state index in [-0.39, 0.29) is 28.1 Å². The summed E-state index contributed by atoms with van der Waals surface area (Å²) in [6.45, 7) is 0.359. The van der Waals surface area contributed by atoms with Crippen molar-refractivity contribution in [3.8, 4) is 0 Å². The number of nitrogens with zero attached hydrogens (tertiary/aromatic N) is 1. The number of benzene rings is 2. The van der Waals surface area contributed by atoms with E-state index in [1.165, 1.54) is 29.2 Å². The summed E-state index contributed by atoms with van der Waals surface area (Å²) < 4.78 is 30.3. The van der Waals surface area contributed by atoms with Crippen LogP contribution in [0.2, 0.25) is 5.02 Å². The number of amides is 1. The summed E-state index contributed by atoms with van der Waals surface area (Å²) in [7, 11) is -1.89. The molecule has 0 saturated carbocycles. The highest BCUT2D eigenvalue weighted by Gasteiger charge is 2.20. The first-order valence-electron chi connectivity index (χ1n) is 8.21. The molecule has 0 unspecified atom stereocenters. The topological polar surface area (TPSA) is 67.6 Å². The van der Waals surface area contributed by atoms with E-state index in [1.54, 1.807) is 37.4 Å². The number of carbonyl (C=O) groups excluding carboxylic acids is 1. The Balaban J connectivity index is 1.70. The van der Waals surface area contributed by atoms with Crippen LogP contribution in [-0.2, 0) is 22.1 Å². The Hall–Kier alpha value is -2.57. The summed E-state index contributed by atoms with van der Waals surface area (Å²) in [5.74, 6) is -0.322. The first kappa shape index (κ1) is 19.2. The predicted molar refractivity (Wildman–Crippen MR) is 103 cm³/mol. The second-order valence-corrected chi connectivity index (χ2v) is 8.56. The van der Waals surface area contributed by atoms with Crippen molar-refractivity contribution >= 4 is 27.3 Å². The van der Waals surface area contributed by atoms with Gasteiger partial charge < -0.3 is 9.32 Å². The molecular weight excluding hydrogens is 386 g/mol. The quantitative estimate of drug-likeness (QED) is 0.619. The standard InChI is InChI=1S/C20H18ClNO4S/c1-22(13-15-6-5-7-16(21)12-15)20(23)19-11-10-17(26-19)14-27(24,25)18-8-3-2-4-9-18/h2-12H,13-14H2,1H3. The average molecular weight is 404 g/mol. The summed E-state index contributed by atoms with van der Waals surface area (Å²) in [6, 6.07) is 18.4. The number of rotatable bonds is 6. The van der Waals surface area contributed by atoms with Crippen LogP contribution in [-0.4, -0.2) is 26.3 Å². The van der Waals surface area contributed by atoms with Crippen LogP contribution in [0.1, 0.15) is 21.9 Å². The minimum absolute atomic E-state index is 0.0952. The molecule has 140 valence electrons. The van der Waals surface area contributed by atoms with E-state index in [2.05, 4.69) is 0 Å². The molecule has 0 atom stereocenters. The maximum atomic E-state index is 12.5. The Kier molecular flexibility index (Phi) is 5.68. The number of sulfone groups is 1. The fourth-order valence-electron chi connectivity index (χ4n) is 2.64. The van der Waals surface area contributed by atoms with Gasteiger partial charge in [0, 0.05) is 18.6 Å². The first-order valence-corrected chi connectivity index (χ1v) is 10.2. The first-order chi connectivity index (χ1) is 12.8. The lowest BCUT2D eigenvalue weighted by molar-refractivity contribution is 0.0752. The van der Waals surface area contributed by atoms with E-state index in [1.807, 2.05) is 12.1 Å². The largest absolute Gasteiger partial charge is 0.455 e. The van der Waals surface area contributed by atoms with Crippen LogP contribution in [0.25, 0.3) is 0 Å². The van der Waals surface area contributed by atoms with Crippen molar-refractivity contribution in [2.24, 2.45) is 0 Å². The maximum Gasteiger partial charge on any atom is 0.289 e. The summed E-state index contributed by atoms with van der Waals surface area (Å²) >= 11 is 5.96. The molecule has 0 saturated heterocycles. The van der Waals surface area contributed by atoms with Crippen LogP contribution in [0.3, 0.4) is 0 Å². The maximum absolute atomic E-state index is 12.5. The Morgan fingerprint density at radius 3 is 2.48 bits per heavy atom. The Labute approximate surface area is 163 Å². The molecule has 0 aliphatic carbocycles. The summed E-state index contributed by atoms with van der Waals surface area (Å²) in [5, 5.41) is 0.597. The van der Waals surface area contributed by atoms with Gasteiger partial charge in [0.2, 0.25) is 0 Å². The van der Waals surface area contributed by atoms with E-state index in [0.29, 0.717) is 11.6 Å². The van der Waals surface area contributed by atoms with Crippen molar-refractivity contribution in [1.29, 1.82) is 0 Å². The van der Waals surface area contributed by atoms with Crippen molar-refractivity contribution < 1.29 is 17.6 Å². The molecule has 0 radical (unpaired) electrons. The number of carbonyl (C=O) groups is 1. The van der Waals surface area contributed by atoms with Gasteiger partial charge in [-0.15, -0.1) is 0 Å². The number of halogens is 1. The Bertz CT molecular complexity index is 1040. The van der Waals surface area contributed by atoms with E-state index in [4.69, 9.17) is 16.0 Å². The molecule has 5 nitrogen and oxygen atoms in total. The van der Waals surface area contributed by atoms with Crippen molar-refractivity contribution in [2.75, 3.05) is 7.05 Å². The fraction of sp³-hybridized carbons (Fsp3) is 0.150. The predicted octanol–water partition coefficient (Wildman–Crippen LogP) is 4.18. The van der Waals surface area contributed by atoms with Crippen molar-refractivity contribution in [3.05, 3.63) is 88.8 Å². The van der Waals surface area contributed by atoms with Crippen molar-refractivity contribution in [1.82, 2.24) is 4.90 Å². The Morgan fingerprint density at radius 1 is 1.04 bits per heavy atom. The molecule has 3 aromatic rings. The molecule has 1 aromatic heterocycles. The van der Waals surface area contributed by atoms with Gasteiger partial charge in [-0.1, -0.05) is 41.9 Å². The minimum Gasteiger partial charge on any atom is -0.455 e. The number of hydrogen-bond donors (Lipinski definition) is 0. The summed E-state index contributed by atoms with van der Waals surface area (Å²) in [6.07, 6.45) is 0. The number of hydrogen-bond acceptors (Lipinski definition) is 4. The second kappa shape index (κ2) is 7.98. The van der Waals surface area contributed by atoms with Gasteiger partial charge in [0.1, 0.15) is 11.5 Å². The molecule has 3 rings (SSSR count). The van der Waals surface area contributed by atoms with Gasteiger partial charge in [0.25, 0.3) is 5.91 Å². The molecule has 27 heavy (non-hydrogen) atoms. The monoisotopic (exact) mass is 403 g/mol. The SMILES string of the molecule is CN(Cc1cccc(Cl)c1)C(=O)c1ccc(CS(=O)(=O)c2ccccc2)o1. The highest BCUT2D eigenvalue weighted by Crippen LogP contribution is 2.19. The lowest BCUT2D eigenvalue weighted by Crippen LogP contribution is -2.25. The van der Waals surface area contributed by atoms with Crippen molar-refractivity contribution in [3.63, 3.8) is 0 Å². The minimum atomic E-state index is -3.53. The highest BCUT2D eigenvalue weighted by molar-refractivity contribution is 7.90. The molecule has 0 N–H and O–H groups in total. The average Bonchev–Trinajstić information content (AvgIpc) is 3.09. The van der Waals surface area contributed by atoms with Crippen LogP contribution >= 0.6 is 11.6 Å². The van der Waals surface area contributed by atoms with Crippen molar-refractivity contribution in [2.45, 2.75) is 17.2 Å². The second-order valence-electron chi connectivity index (χ2n) is 6.13. The summed E-state index contributed by atoms with van der Waals surface area (Å²) in [4.78, 5) is 14.2. The lowest BCUT2D eigenvalue weighted by Gasteiger charge is -2.16. The van der Waals surface area contributed by atoms with Gasteiger partial charge in [0.05, 0.1) is 4.90 Å². The van der Waals surface area contributed by atoms with Crippen LogP contribution < -0.4 is 0 Å². The highest BCUT2D eigenvalue weighted by atomic mass is 35.5.